The fraction of sp³-hybridized carbons (Fsp3) is 0.0244. The molecule has 0 N–H and O–H groups in total. The van der Waals surface area contributed by atoms with Crippen LogP contribution >= 0.6 is 11.6 Å². The molecule has 0 atom stereocenters. The Labute approximate surface area is 256 Å². The predicted octanol–water partition coefficient (Wildman–Crippen LogP) is 10.8. The average molecular weight is 568 g/mol. The van der Waals surface area contributed by atoms with Crippen molar-refractivity contribution in [3.8, 4) is 50.5 Å². The Kier molecular flexibility index (Phi) is 5.24. The standard InChI is InChI=1S/C41H26ClN/c42-29-24-25-33-36(26-29)41(34-22-12-10-20-31(34)32-21-11-13-23-35(32)41)38-37(33)39(27-14-4-1-5-15-27)43(30-18-8-3-9-19-30)40(38)28-16-6-2-7-17-28/h1-26H. The Morgan fingerprint density at radius 2 is 0.953 bits per heavy atom. The van der Waals surface area contributed by atoms with E-state index in [1.165, 1.54) is 67.0 Å². The fourth-order valence-electron chi connectivity index (χ4n) is 7.75. The van der Waals surface area contributed by atoms with Crippen LogP contribution in [0.2, 0.25) is 5.02 Å². The molecular formula is C41H26ClN. The first-order chi connectivity index (χ1) is 21.3. The summed E-state index contributed by atoms with van der Waals surface area (Å²) in [5, 5.41) is 0.753. The van der Waals surface area contributed by atoms with Crippen LogP contribution in [0.5, 0.6) is 0 Å². The van der Waals surface area contributed by atoms with Crippen molar-refractivity contribution >= 4 is 11.6 Å². The maximum atomic E-state index is 6.88. The van der Waals surface area contributed by atoms with Gasteiger partial charge in [-0.05, 0) is 68.8 Å². The third-order valence-electron chi connectivity index (χ3n) is 9.26. The molecule has 7 aromatic rings. The summed E-state index contributed by atoms with van der Waals surface area (Å²) >= 11 is 6.88. The largest absolute Gasteiger partial charge is 0.308 e. The first-order valence-electron chi connectivity index (χ1n) is 14.7. The predicted molar refractivity (Wildman–Crippen MR) is 178 cm³/mol. The van der Waals surface area contributed by atoms with Crippen molar-refractivity contribution in [3.05, 3.63) is 185 Å². The zero-order valence-corrected chi connectivity index (χ0v) is 24.1. The van der Waals surface area contributed by atoms with Crippen LogP contribution in [0.15, 0.2) is 158 Å². The molecule has 0 saturated carbocycles. The van der Waals surface area contributed by atoms with Gasteiger partial charge >= 0.3 is 0 Å². The molecule has 0 unspecified atom stereocenters. The summed E-state index contributed by atoms with van der Waals surface area (Å²) < 4.78 is 2.50. The highest BCUT2D eigenvalue weighted by atomic mass is 35.5. The lowest BCUT2D eigenvalue weighted by Crippen LogP contribution is -2.26. The average Bonchev–Trinajstić information content (AvgIpc) is 3.68. The van der Waals surface area contributed by atoms with Crippen molar-refractivity contribution in [1.29, 1.82) is 0 Å². The number of para-hydroxylation sites is 1. The summed E-state index contributed by atoms with van der Waals surface area (Å²) in [5.41, 5.74) is 15.6. The third kappa shape index (κ3) is 3.23. The summed E-state index contributed by atoms with van der Waals surface area (Å²) in [6.07, 6.45) is 0. The lowest BCUT2D eigenvalue weighted by atomic mass is 9.70. The third-order valence-corrected chi connectivity index (χ3v) is 9.50. The summed E-state index contributed by atoms with van der Waals surface area (Å²) in [7, 11) is 0. The van der Waals surface area contributed by atoms with E-state index in [0.717, 1.165) is 10.7 Å². The van der Waals surface area contributed by atoms with E-state index >= 15 is 0 Å². The number of nitrogens with zero attached hydrogens (tertiary/aromatic N) is 1. The van der Waals surface area contributed by atoms with Gasteiger partial charge in [0.1, 0.15) is 0 Å². The van der Waals surface area contributed by atoms with E-state index in [-0.39, 0.29) is 0 Å². The van der Waals surface area contributed by atoms with Crippen molar-refractivity contribution in [3.63, 3.8) is 0 Å². The highest BCUT2D eigenvalue weighted by molar-refractivity contribution is 6.31. The van der Waals surface area contributed by atoms with E-state index < -0.39 is 5.41 Å². The van der Waals surface area contributed by atoms with Gasteiger partial charge in [0, 0.05) is 21.8 Å². The molecule has 2 aliphatic rings. The molecule has 0 saturated heterocycles. The molecule has 1 aromatic heterocycles. The van der Waals surface area contributed by atoms with Gasteiger partial charge in [0.2, 0.25) is 0 Å². The number of hydrogen-bond donors (Lipinski definition) is 0. The number of rotatable bonds is 3. The number of benzene rings is 6. The molecule has 43 heavy (non-hydrogen) atoms. The van der Waals surface area contributed by atoms with E-state index in [2.05, 4.69) is 156 Å². The normalized spacial score (nSPS) is 13.4. The summed E-state index contributed by atoms with van der Waals surface area (Å²) in [6, 6.07) is 56.9. The Morgan fingerprint density at radius 3 is 1.56 bits per heavy atom. The number of halogens is 1. The highest BCUT2D eigenvalue weighted by Gasteiger charge is 2.55. The van der Waals surface area contributed by atoms with Crippen LogP contribution in [-0.4, -0.2) is 4.57 Å². The topological polar surface area (TPSA) is 4.93 Å². The molecule has 1 spiro atoms. The van der Waals surface area contributed by atoms with Crippen molar-refractivity contribution < 1.29 is 0 Å². The Hall–Kier alpha value is -5.11. The van der Waals surface area contributed by atoms with Crippen molar-refractivity contribution in [2.24, 2.45) is 0 Å². The molecule has 1 heterocycles. The van der Waals surface area contributed by atoms with Crippen molar-refractivity contribution in [1.82, 2.24) is 4.57 Å². The second-order valence-electron chi connectivity index (χ2n) is 11.4. The van der Waals surface area contributed by atoms with E-state index in [4.69, 9.17) is 11.6 Å². The minimum absolute atomic E-state index is 0.530. The van der Waals surface area contributed by atoms with Gasteiger partial charge < -0.3 is 4.57 Å². The van der Waals surface area contributed by atoms with Gasteiger partial charge in [-0.2, -0.15) is 0 Å². The summed E-state index contributed by atoms with van der Waals surface area (Å²) in [4.78, 5) is 0. The molecule has 1 nitrogen and oxygen atoms in total. The maximum absolute atomic E-state index is 6.88. The molecule has 9 rings (SSSR count). The Morgan fingerprint density at radius 1 is 0.442 bits per heavy atom. The molecule has 2 heteroatoms. The van der Waals surface area contributed by atoms with E-state index in [1.54, 1.807) is 0 Å². The van der Waals surface area contributed by atoms with Crippen LogP contribution in [0, 0.1) is 0 Å². The van der Waals surface area contributed by atoms with Crippen LogP contribution in [0.4, 0.5) is 0 Å². The zero-order valence-electron chi connectivity index (χ0n) is 23.3. The van der Waals surface area contributed by atoms with Gasteiger partial charge in [0.05, 0.1) is 16.8 Å². The molecule has 0 aliphatic heterocycles. The number of aromatic nitrogens is 1. The van der Waals surface area contributed by atoms with Crippen LogP contribution < -0.4 is 0 Å². The maximum Gasteiger partial charge on any atom is 0.0747 e. The lowest BCUT2D eigenvalue weighted by molar-refractivity contribution is 0.792. The molecule has 6 aromatic carbocycles. The molecule has 0 fully saturated rings. The zero-order chi connectivity index (χ0) is 28.5. The van der Waals surface area contributed by atoms with E-state index in [0.29, 0.717) is 0 Å². The van der Waals surface area contributed by atoms with Crippen LogP contribution in [-0.2, 0) is 5.41 Å². The van der Waals surface area contributed by atoms with E-state index in [9.17, 15) is 0 Å². The first kappa shape index (κ1) is 24.5. The van der Waals surface area contributed by atoms with Crippen LogP contribution in [0.3, 0.4) is 0 Å². The van der Waals surface area contributed by atoms with Gasteiger partial charge in [0.25, 0.3) is 0 Å². The van der Waals surface area contributed by atoms with Crippen LogP contribution in [0.25, 0.3) is 50.5 Å². The molecule has 202 valence electrons. The SMILES string of the molecule is Clc1ccc2c(c1)C1(c3ccccc3-c3ccccc31)c1c-2c(-c2ccccc2)n(-c2ccccc2)c1-c1ccccc1. The smallest absolute Gasteiger partial charge is 0.0747 e. The quantitative estimate of drug-likeness (QED) is 0.200. The molecular weight excluding hydrogens is 542 g/mol. The molecule has 0 radical (unpaired) electrons. The monoisotopic (exact) mass is 567 g/mol. The summed E-state index contributed by atoms with van der Waals surface area (Å²) in [6.45, 7) is 0. The minimum Gasteiger partial charge on any atom is -0.308 e. The van der Waals surface area contributed by atoms with E-state index in [1.807, 2.05) is 6.07 Å². The number of hydrogen-bond acceptors (Lipinski definition) is 0. The Bertz CT molecular complexity index is 2130. The first-order valence-corrected chi connectivity index (χ1v) is 15.1. The highest BCUT2D eigenvalue weighted by Crippen LogP contribution is 2.67. The lowest BCUT2D eigenvalue weighted by Gasteiger charge is -2.32. The summed E-state index contributed by atoms with van der Waals surface area (Å²) in [5.74, 6) is 0. The Balaban J connectivity index is 1.58. The molecule has 0 bridgehead atoms. The molecule has 2 aliphatic carbocycles. The second-order valence-corrected chi connectivity index (χ2v) is 11.8. The van der Waals surface area contributed by atoms with Gasteiger partial charge in [-0.25, -0.2) is 0 Å². The minimum atomic E-state index is -0.530. The molecule has 0 amide bonds. The van der Waals surface area contributed by atoms with Crippen molar-refractivity contribution in [2.45, 2.75) is 5.41 Å². The fourth-order valence-corrected chi connectivity index (χ4v) is 7.92. The van der Waals surface area contributed by atoms with Gasteiger partial charge in [-0.15, -0.1) is 0 Å². The van der Waals surface area contributed by atoms with Gasteiger partial charge in [-0.3, -0.25) is 0 Å². The van der Waals surface area contributed by atoms with Gasteiger partial charge in [0.15, 0.2) is 0 Å². The van der Waals surface area contributed by atoms with Crippen LogP contribution in [0.1, 0.15) is 22.3 Å². The number of fused-ring (bicyclic) bond motifs is 10. The second kappa shape index (κ2) is 9.19. The van der Waals surface area contributed by atoms with Crippen molar-refractivity contribution in [2.75, 3.05) is 0 Å². The van der Waals surface area contributed by atoms with Gasteiger partial charge in [-0.1, -0.05) is 145 Å².